The highest BCUT2D eigenvalue weighted by Crippen LogP contribution is 2.40. The van der Waals surface area contributed by atoms with Crippen molar-refractivity contribution in [3.05, 3.63) is 64.3 Å². The number of furan rings is 1. The van der Waals surface area contributed by atoms with Crippen LogP contribution in [-0.2, 0) is 6.42 Å². The average Bonchev–Trinajstić information content (AvgIpc) is 3.19. The molecule has 1 N–H and O–H groups in total. The highest BCUT2D eigenvalue weighted by atomic mass is 35.5. The molecule has 0 radical (unpaired) electrons. The van der Waals surface area contributed by atoms with Crippen LogP contribution in [-0.4, -0.2) is 60.3 Å². The molecule has 1 aliphatic heterocycles. The van der Waals surface area contributed by atoms with E-state index in [0.717, 1.165) is 63.3 Å². The average molecular weight is 447 g/mol. The summed E-state index contributed by atoms with van der Waals surface area (Å²) in [5.41, 5.74) is 0.490. The summed E-state index contributed by atoms with van der Waals surface area (Å²) in [6.45, 7) is 4.89. The summed E-state index contributed by atoms with van der Waals surface area (Å²) in [4.78, 5) is 4.78. The van der Waals surface area contributed by atoms with Crippen LogP contribution in [0.15, 0.2) is 46.6 Å². The number of benzene rings is 1. The minimum absolute atomic E-state index is 0.0501. The van der Waals surface area contributed by atoms with Gasteiger partial charge in [0.2, 0.25) is 0 Å². The Morgan fingerprint density at radius 3 is 2.74 bits per heavy atom. The number of likely N-dealkylation sites (N-methyl/N-ethyl adjacent to an activating group) is 1. The van der Waals surface area contributed by atoms with Crippen molar-refractivity contribution in [2.75, 3.05) is 39.8 Å². The van der Waals surface area contributed by atoms with Gasteiger partial charge >= 0.3 is 0 Å². The highest BCUT2D eigenvalue weighted by Gasteiger charge is 2.41. The van der Waals surface area contributed by atoms with E-state index in [1.807, 2.05) is 18.2 Å². The zero-order chi connectivity index (χ0) is 21.8. The minimum Gasteiger partial charge on any atom is -0.465 e. The van der Waals surface area contributed by atoms with Gasteiger partial charge in [0.15, 0.2) is 0 Å². The summed E-state index contributed by atoms with van der Waals surface area (Å²) >= 11 is 6.36. The topological polar surface area (TPSA) is 39.9 Å². The third kappa shape index (κ3) is 5.58. The largest absolute Gasteiger partial charge is 0.465 e. The third-order valence-electron chi connectivity index (χ3n) is 6.85. The number of hydrogen-bond donors (Lipinski definition) is 1. The number of aliphatic hydroxyl groups is 1. The van der Waals surface area contributed by atoms with Crippen molar-refractivity contribution < 1.29 is 13.9 Å². The molecule has 2 fully saturated rings. The van der Waals surface area contributed by atoms with Crippen LogP contribution < -0.4 is 0 Å². The molecule has 0 amide bonds. The Morgan fingerprint density at radius 2 is 2.03 bits per heavy atom. The predicted molar refractivity (Wildman–Crippen MR) is 123 cm³/mol. The van der Waals surface area contributed by atoms with Crippen molar-refractivity contribution in [1.29, 1.82) is 0 Å². The van der Waals surface area contributed by atoms with E-state index < -0.39 is 5.60 Å². The number of hydrogen-bond acceptors (Lipinski definition) is 4. The highest BCUT2D eigenvalue weighted by molar-refractivity contribution is 6.31. The molecule has 1 aromatic carbocycles. The van der Waals surface area contributed by atoms with Crippen LogP contribution in [0.25, 0.3) is 6.08 Å². The van der Waals surface area contributed by atoms with Crippen molar-refractivity contribution in [2.45, 2.75) is 37.7 Å². The van der Waals surface area contributed by atoms with Gasteiger partial charge in [-0.15, -0.1) is 0 Å². The van der Waals surface area contributed by atoms with E-state index in [9.17, 15) is 9.50 Å². The summed E-state index contributed by atoms with van der Waals surface area (Å²) in [7, 11) is 2.14. The van der Waals surface area contributed by atoms with Gasteiger partial charge in [-0.1, -0.05) is 23.2 Å². The standard InChI is InChI=1S/C25H32ClFN2O2/c1-28-10-12-29(13-11-28)18-20-6-2-5-19(15-21-7-4-14-31-21)16-25(20,30)17-22-23(26)8-3-9-24(22)27/h3-4,7-9,14-15,20,30H,2,5-6,10-13,16-18H2,1H3/b19-15-. The lowest BCUT2D eigenvalue weighted by molar-refractivity contribution is -0.0352. The Bertz CT molecular complexity index is 873. The van der Waals surface area contributed by atoms with Crippen LogP contribution in [0.4, 0.5) is 4.39 Å². The Kier molecular flexibility index (Phi) is 7.17. The van der Waals surface area contributed by atoms with Crippen LogP contribution in [0.5, 0.6) is 0 Å². The molecule has 6 heteroatoms. The fourth-order valence-corrected chi connectivity index (χ4v) is 5.22. The molecular formula is C25H32ClFN2O2. The number of piperazine rings is 1. The van der Waals surface area contributed by atoms with Gasteiger partial charge < -0.3 is 19.3 Å². The van der Waals surface area contributed by atoms with Gasteiger partial charge in [-0.2, -0.15) is 0 Å². The lowest BCUT2D eigenvalue weighted by atomic mass is 9.77. The number of rotatable bonds is 5. The molecule has 168 valence electrons. The van der Waals surface area contributed by atoms with E-state index in [0.29, 0.717) is 17.0 Å². The van der Waals surface area contributed by atoms with Gasteiger partial charge in [0.1, 0.15) is 11.6 Å². The lowest BCUT2D eigenvalue weighted by Gasteiger charge is -2.41. The predicted octanol–water partition coefficient (Wildman–Crippen LogP) is 4.87. The van der Waals surface area contributed by atoms with Crippen LogP contribution in [0.2, 0.25) is 5.02 Å². The number of halogens is 2. The first-order chi connectivity index (χ1) is 14.9. The zero-order valence-corrected chi connectivity index (χ0v) is 19.0. The smallest absolute Gasteiger partial charge is 0.127 e. The quantitative estimate of drug-likeness (QED) is 0.665. The maximum atomic E-state index is 14.7. The van der Waals surface area contributed by atoms with Gasteiger partial charge in [0.25, 0.3) is 0 Å². The Hall–Kier alpha value is -1.66. The molecule has 1 saturated carbocycles. The molecule has 1 aromatic heterocycles. The van der Waals surface area contributed by atoms with E-state index in [2.05, 4.69) is 16.8 Å². The first-order valence-corrected chi connectivity index (χ1v) is 11.6. The van der Waals surface area contributed by atoms with Gasteiger partial charge in [0.05, 0.1) is 11.9 Å². The summed E-state index contributed by atoms with van der Waals surface area (Å²) in [5, 5.41) is 12.4. The van der Waals surface area contributed by atoms with Gasteiger partial charge in [0, 0.05) is 55.6 Å². The lowest BCUT2D eigenvalue weighted by Crippen LogP contribution is -2.51. The maximum Gasteiger partial charge on any atom is 0.127 e. The van der Waals surface area contributed by atoms with Gasteiger partial charge in [-0.25, -0.2) is 4.39 Å². The normalized spacial score (nSPS) is 27.5. The minimum atomic E-state index is -1.07. The fraction of sp³-hybridized carbons (Fsp3) is 0.520. The summed E-state index contributed by atoms with van der Waals surface area (Å²) in [6, 6.07) is 8.53. The van der Waals surface area contributed by atoms with Crippen LogP contribution in [0.3, 0.4) is 0 Å². The molecule has 0 spiro atoms. The SMILES string of the molecule is CN1CCN(CC2CCC/C(=C/c3ccco3)CC2(O)Cc2c(F)cccc2Cl)CC1. The molecule has 2 heterocycles. The Morgan fingerprint density at radius 1 is 1.23 bits per heavy atom. The van der Waals surface area contributed by atoms with E-state index in [1.54, 1.807) is 18.4 Å². The van der Waals surface area contributed by atoms with Crippen molar-refractivity contribution in [2.24, 2.45) is 5.92 Å². The van der Waals surface area contributed by atoms with Crippen molar-refractivity contribution >= 4 is 17.7 Å². The second-order valence-corrected chi connectivity index (χ2v) is 9.58. The zero-order valence-electron chi connectivity index (χ0n) is 18.2. The molecule has 4 nitrogen and oxygen atoms in total. The molecule has 2 aliphatic rings. The molecule has 1 aliphatic carbocycles. The van der Waals surface area contributed by atoms with Crippen molar-refractivity contribution in [3.8, 4) is 0 Å². The summed E-state index contributed by atoms with van der Waals surface area (Å²) in [5.74, 6) is 0.493. The van der Waals surface area contributed by atoms with E-state index in [4.69, 9.17) is 16.0 Å². The maximum absolute atomic E-state index is 14.7. The van der Waals surface area contributed by atoms with E-state index in [1.165, 1.54) is 6.07 Å². The van der Waals surface area contributed by atoms with E-state index >= 15 is 0 Å². The van der Waals surface area contributed by atoms with Crippen LogP contribution in [0, 0.1) is 11.7 Å². The molecule has 4 rings (SSSR count). The summed E-state index contributed by atoms with van der Waals surface area (Å²) in [6.07, 6.45) is 7.22. The van der Waals surface area contributed by atoms with Crippen LogP contribution in [0.1, 0.15) is 37.0 Å². The van der Waals surface area contributed by atoms with Crippen molar-refractivity contribution in [1.82, 2.24) is 9.80 Å². The third-order valence-corrected chi connectivity index (χ3v) is 7.21. The molecule has 0 bridgehead atoms. The first kappa shape index (κ1) is 22.5. The molecule has 2 unspecified atom stereocenters. The second kappa shape index (κ2) is 9.86. The fourth-order valence-electron chi connectivity index (χ4n) is 4.99. The molecular weight excluding hydrogens is 415 g/mol. The Labute approximate surface area is 189 Å². The molecule has 2 aromatic rings. The van der Waals surface area contributed by atoms with Gasteiger partial charge in [-0.3, -0.25) is 0 Å². The van der Waals surface area contributed by atoms with Gasteiger partial charge in [-0.05, 0) is 63.1 Å². The van der Waals surface area contributed by atoms with E-state index in [-0.39, 0.29) is 18.2 Å². The molecule has 1 saturated heterocycles. The van der Waals surface area contributed by atoms with Crippen molar-refractivity contribution in [3.63, 3.8) is 0 Å². The molecule has 31 heavy (non-hydrogen) atoms. The monoisotopic (exact) mass is 446 g/mol. The first-order valence-electron chi connectivity index (χ1n) is 11.2. The summed E-state index contributed by atoms with van der Waals surface area (Å²) < 4.78 is 20.2. The Balaban J connectivity index is 1.62. The number of nitrogens with zero attached hydrogens (tertiary/aromatic N) is 2. The van der Waals surface area contributed by atoms with Crippen LogP contribution >= 0.6 is 11.6 Å². The molecule has 2 atom stereocenters. The second-order valence-electron chi connectivity index (χ2n) is 9.17.